The Labute approximate surface area is 142 Å². The molecule has 1 fully saturated rings. The summed E-state index contributed by atoms with van der Waals surface area (Å²) in [6.07, 6.45) is 5.34. The number of aryl methyl sites for hydroxylation is 1. The van der Waals surface area contributed by atoms with Gasteiger partial charge in [-0.3, -0.25) is 9.59 Å². The van der Waals surface area contributed by atoms with Gasteiger partial charge in [0.05, 0.1) is 5.39 Å². The van der Waals surface area contributed by atoms with Crippen molar-refractivity contribution in [2.75, 3.05) is 0 Å². The van der Waals surface area contributed by atoms with Crippen LogP contribution in [0.25, 0.3) is 10.8 Å². The Balaban J connectivity index is 1.99. The predicted molar refractivity (Wildman–Crippen MR) is 95.2 cm³/mol. The predicted octanol–water partition coefficient (Wildman–Crippen LogP) is 3.12. The molecule has 5 nitrogen and oxygen atoms in total. The van der Waals surface area contributed by atoms with E-state index in [9.17, 15) is 9.59 Å². The standard InChI is InChI=1S/C19H25N3O2/c1-3-12-22-19(24)15-10-6-5-9-14(15)17(21-22)18(23)20-16-11-7-4-8-13(16)2/h5-6,9-10,13,16H,3-4,7-8,11-12H2,1-2H3,(H,20,23)/t13-,16+/m0/s1. The Morgan fingerprint density at radius 2 is 1.96 bits per heavy atom. The van der Waals surface area contributed by atoms with Crippen molar-refractivity contribution in [3.63, 3.8) is 0 Å². The molecule has 0 radical (unpaired) electrons. The van der Waals surface area contributed by atoms with Crippen LogP contribution in [0.4, 0.5) is 0 Å². The van der Waals surface area contributed by atoms with Gasteiger partial charge in [0.1, 0.15) is 0 Å². The van der Waals surface area contributed by atoms with Crippen molar-refractivity contribution in [3.05, 3.63) is 40.3 Å². The Bertz CT molecular complexity index is 797. The molecule has 0 bridgehead atoms. The van der Waals surface area contributed by atoms with Crippen molar-refractivity contribution in [2.45, 2.75) is 58.5 Å². The quantitative estimate of drug-likeness (QED) is 0.938. The van der Waals surface area contributed by atoms with Gasteiger partial charge in [-0.05, 0) is 31.2 Å². The van der Waals surface area contributed by atoms with Crippen LogP contribution in [0.3, 0.4) is 0 Å². The molecule has 1 aliphatic carbocycles. The second kappa shape index (κ2) is 7.16. The molecule has 1 N–H and O–H groups in total. The Hall–Kier alpha value is -2.17. The van der Waals surface area contributed by atoms with Crippen molar-refractivity contribution in [2.24, 2.45) is 5.92 Å². The van der Waals surface area contributed by atoms with Gasteiger partial charge in [0.2, 0.25) is 0 Å². The molecule has 128 valence electrons. The summed E-state index contributed by atoms with van der Waals surface area (Å²) in [7, 11) is 0. The summed E-state index contributed by atoms with van der Waals surface area (Å²) < 4.78 is 1.42. The van der Waals surface area contributed by atoms with Crippen LogP contribution in [0.2, 0.25) is 0 Å². The first-order valence-corrected chi connectivity index (χ1v) is 8.92. The number of hydrogen-bond donors (Lipinski definition) is 1. The minimum atomic E-state index is -0.171. The average Bonchev–Trinajstić information content (AvgIpc) is 2.59. The van der Waals surface area contributed by atoms with Gasteiger partial charge in [0.15, 0.2) is 5.69 Å². The second-order valence-corrected chi connectivity index (χ2v) is 6.76. The highest BCUT2D eigenvalue weighted by molar-refractivity contribution is 6.04. The normalized spacial score (nSPS) is 20.9. The van der Waals surface area contributed by atoms with Crippen molar-refractivity contribution in [3.8, 4) is 0 Å². The highest BCUT2D eigenvalue weighted by Crippen LogP contribution is 2.24. The van der Waals surface area contributed by atoms with Gasteiger partial charge in [-0.25, -0.2) is 4.68 Å². The van der Waals surface area contributed by atoms with Crippen molar-refractivity contribution < 1.29 is 4.79 Å². The third-order valence-electron chi connectivity index (χ3n) is 4.95. The molecule has 1 aliphatic rings. The number of rotatable bonds is 4. The van der Waals surface area contributed by atoms with Crippen molar-refractivity contribution in [1.82, 2.24) is 15.1 Å². The fraction of sp³-hybridized carbons (Fsp3) is 0.526. The number of carbonyl (C=O) groups is 1. The number of amides is 1. The molecule has 0 spiro atoms. The van der Waals surface area contributed by atoms with Crippen LogP contribution in [0, 0.1) is 5.92 Å². The Morgan fingerprint density at radius 3 is 2.67 bits per heavy atom. The summed E-state index contributed by atoms with van der Waals surface area (Å²) in [4.78, 5) is 25.4. The molecule has 0 unspecified atom stereocenters. The average molecular weight is 327 g/mol. The number of hydrogen-bond acceptors (Lipinski definition) is 3. The molecule has 0 saturated heterocycles. The van der Waals surface area contributed by atoms with Crippen LogP contribution in [-0.2, 0) is 6.54 Å². The zero-order valence-corrected chi connectivity index (χ0v) is 14.4. The topological polar surface area (TPSA) is 64.0 Å². The van der Waals surface area contributed by atoms with Crippen LogP contribution in [-0.4, -0.2) is 21.7 Å². The summed E-state index contributed by atoms with van der Waals surface area (Å²) in [5.41, 5.74) is 0.228. The molecular weight excluding hydrogens is 302 g/mol. The van der Waals surface area contributed by atoms with Crippen LogP contribution >= 0.6 is 0 Å². The molecule has 2 aromatic rings. The van der Waals surface area contributed by atoms with Gasteiger partial charge in [-0.1, -0.05) is 44.9 Å². The van der Waals surface area contributed by atoms with E-state index in [1.54, 1.807) is 12.1 Å². The first-order chi connectivity index (χ1) is 11.6. The van der Waals surface area contributed by atoms with Crippen molar-refractivity contribution in [1.29, 1.82) is 0 Å². The lowest BCUT2D eigenvalue weighted by molar-refractivity contribution is 0.0904. The molecule has 24 heavy (non-hydrogen) atoms. The summed E-state index contributed by atoms with van der Waals surface area (Å²) in [6, 6.07) is 7.43. The molecule has 1 heterocycles. The zero-order chi connectivity index (χ0) is 17.1. The number of carbonyl (C=O) groups excluding carboxylic acids is 1. The highest BCUT2D eigenvalue weighted by Gasteiger charge is 2.25. The van der Waals surface area contributed by atoms with Crippen LogP contribution in [0.15, 0.2) is 29.1 Å². The van der Waals surface area contributed by atoms with E-state index in [1.807, 2.05) is 19.1 Å². The van der Waals surface area contributed by atoms with E-state index in [0.717, 1.165) is 25.7 Å². The molecule has 1 amide bonds. The van der Waals surface area contributed by atoms with Gasteiger partial charge >= 0.3 is 0 Å². The maximum atomic E-state index is 12.9. The SMILES string of the molecule is CCCn1nc(C(=O)N[C@@H]2CCCC[C@@H]2C)c2ccccc2c1=O. The molecule has 1 aromatic heterocycles. The third-order valence-corrected chi connectivity index (χ3v) is 4.95. The molecule has 0 aliphatic heterocycles. The van der Waals surface area contributed by atoms with E-state index in [4.69, 9.17) is 0 Å². The lowest BCUT2D eigenvalue weighted by Crippen LogP contribution is -2.42. The van der Waals surface area contributed by atoms with E-state index in [2.05, 4.69) is 17.3 Å². The molecule has 2 atom stereocenters. The maximum Gasteiger partial charge on any atom is 0.274 e. The lowest BCUT2D eigenvalue weighted by atomic mass is 9.86. The summed E-state index contributed by atoms with van der Waals surface area (Å²) in [5.74, 6) is 0.310. The Kier molecular flexibility index (Phi) is 4.97. The van der Waals surface area contributed by atoms with Crippen molar-refractivity contribution >= 4 is 16.7 Å². The maximum absolute atomic E-state index is 12.9. The van der Waals surface area contributed by atoms with Crippen LogP contribution in [0.1, 0.15) is 56.4 Å². The molecule has 5 heteroatoms. The molecule has 3 rings (SSSR count). The number of aromatic nitrogens is 2. The first-order valence-electron chi connectivity index (χ1n) is 8.92. The lowest BCUT2D eigenvalue weighted by Gasteiger charge is -2.29. The van der Waals surface area contributed by atoms with Gasteiger partial charge < -0.3 is 5.32 Å². The number of benzene rings is 1. The molecule has 1 saturated carbocycles. The van der Waals surface area contributed by atoms with E-state index >= 15 is 0 Å². The van der Waals surface area contributed by atoms with Crippen LogP contribution < -0.4 is 10.9 Å². The first kappa shape index (κ1) is 16.7. The highest BCUT2D eigenvalue weighted by atomic mass is 16.2. The molecular formula is C19H25N3O2. The second-order valence-electron chi connectivity index (χ2n) is 6.76. The minimum Gasteiger partial charge on any atom is -0.348 e. The smallest absolute Gasteiger partial charge is 0.274 e. The molecule has 1 aromatic carbocycles. The third kappa shape index (κ3) is 3.21. The fourth-order valence-corrected chi connectivity index (χ4v) is 3.53. The Morgan fingerprint density at radius 1 is 1.25 bits per heavy atom. The summed E-state index contributed by atoms with van der Waals surface area (Å²) >= 11 is 0. The van der Waals surface area contributed by atoms with Gasteiger partial charge in [0.25, 0.3) is 11.5 Å². The van der Waals surface area contributed by atoms with E-state index in [1.165, 1.54) is 11.1 Å². The number of nitrogens with one attached hydrogen (secondary N) is 1. The largest absolute Gasteiger partial charge is 0.348 e. The zero-order valence-electron chi connectivity index (χ0n) is 14.4. The van der Waals surface area contributed by atoms with Gasteiger partial charge in [0, 0.05) is 18.0 Å². The summed E-state index contributed by atoms with van der Waals surface area (Å²) in [5, 5.41) is 8.71. The van der Waals surface area contributed by atoms with Gasteiger partial charge in [-0.15, -0.1) is 0 Å². The van der Waals surface area contributed by atoms with Crippen LogP contribution in [0.5, 0.6) is 0 Å². The fourth-order valence-electron chi connectivity index (χ4n) is 3.53. The minimum absolute atomic E-state index is 0.130. The summed E-state index contributed by atoms with van der Waals surface area (Å²) in [6.45, 7) is 4.70. The van der Waals surface area contributed by atoms with E-state index in [-0.39, 0.29) is 17.5 Å². The van der Waals surface area contributed by atoms with E-state index in [0.29, 0.717) is 28.9 Å². The number of nitrogens with zero attached hydrogens (tertiary/aromatic N) is 2. The number of fused-ring (bicyclic) bond motifs is 1. The van der Waals surface area contributed by atoms with E-state index < -0.39 is 0 Å². The monoisotopic (exact) mass is 327 g/mol. The van der Waals surface area contributed by atoms with Gasteiger partial charge in [-0.2, -0.15) is 5.10 Å².